The van der Waals surface area contributed by atoms with E-state index in [1.807, 2.05) is 14.0 Å². The predicted octanol–water partition coefficient (Wildman–Crippen LogP) is 4.26. The number of hydrogen-bond acceptors (Lipinski definition) is 3. The molecule has 0 aliphatic rings. The molecule has 2 aromatic rings. The van der Waals surface area contributed by atoms with E-state index in [9.17, 15) is 9.90 Å². The summed E-state index contributed by atoms with van der Waals surface area (Å²) in [4.78, 5) is 13.4. The second kappa shape index (κ2) is 7.75. The topological polar surface area (TPSA) is 40.5 Å². The molecule has 0 fully saturated rings. The number of rotatable bonds is 6. The zero-order valence-corrected chi connectivity index (χ0v) is 15.4. The Bertz CT molecular complexity index is 696. The lowest BCUT2D eigenvalue weighted by atomic mass is 10.0. The lowest BCUT2D eigenvalue weighted by Crippen LogP contribution is -2.21. The van der Waals surface area contributed by atoms with Crippen molar-refractivity contribution in [2.24, 2.45) is 0 Å². The van der Waals surface area contributed by atoms with Gasteiger partial charge in [0.1, 0.15) is 5.75 Å². The summed E-state index contributed by atoms with van der Waals surface area (Å²) in [6.07, 6.45) is 1.74. The number of aryl methyl sites for hydroxylation is 2. The molecular formula is C19H22BrNO2. The second-order valence-electron chi connectivity index (χ2n) is 6.02. The number of likely N-dealkylation sites (N-methyl/N-ethyl adjacent to an activating group) is 1. The van der Waals surface area contributed by atoms with Gasteiger partial charge in [0.05, 0.1) is 4.47 Å². The molecule has 0 saturated carbocycles. The summed E-state index contributed by atoms with van der Waals surface area (Å²) >= 11 is 3.38. The van der Waals surface area contributed by atoms with Gasteiger partial charge in [-0.1, -0.05) is 29.8 Å². The van der Waals surface area contributed by atoms with Crippen molar-refractivity contribution in [3.05, 3.63) is 62.6 Å². The molecule has 0 radical (unpaired) electrons. The first kappa shape index (κ1) is 17.7. The first-order valence-electron chi connectivity index (χ1n) is 7.62. The lowest BCUT2D eigenvalue weighted by Gasteiger charge is -2.20. The molecule has 0 atom stereocenters. The summed E-state index contributed by atoms with van der Waals surface area (Å²) in [7, 11) is 2.00. The third-order valence-corrected chi connectivity index (χ3v) is 5.02. The third-order valence-electron chi connectivity index (χ3n) is 4.02. The largest absolute Gasteiger partial charge is 0.506 e. The number of benzene rings is 2. The Kier molecular flexibility index (Phi) is 5.97. The van der Waals surface area contributed by atoms with Crippen LogP contribution >= 0.6 is 15.9 Å². The monoisotopic (exact) mass is 375 g/mol. The number of phenols is 1. The van der Waals surface area contributed by atoms with Crippen molar-refractivity contribution in [1.82, 2.24) is 4.90 Å². The molecule has 23 heavy (non-hydrogen) atoms. The van der Waals surface area contributed by atoms with Crippen LogP contribution in [0, 0.1) is 13.8 Å². The SMILES string of the molecule is Cc1ccc(CCN(C)Cc2c(C=O)cc(C)c(Br)c2O)cc1. The highest BCUT2D eigenvalue weighted by Gasteiger charge is 2.15. The molecule has 2 rings (SSSR count). The van der Waals surface area contributed by atoms with Gasteiger partial charge in [-0.25, -0.2) is 0 Å². The molecule has 0 bridgehead atoms. The van der Waals surface area contributed by atoms with Crippen molar-refractivity contribution < 1.29 is 9.90 Å². The fourth-order valence-corrected chi connectivity index (χ4v) is 2.89. The lowest BCUT2D eigenvalue weighted by molar-refractivity contribution is 0.112. The number of carbonyl (C=O) groups is 1. The minimum Gasteiger partial charge on any atom is -0.506 e. The van der Waals surface area contributed by atoms with Crippen molar-refractivity contribution in [2.45, 2.75) is 26.8 Å². The Morgan fingerprint density at radius 2 is 1.87 bits per heavy atom. The number of halogens is 1. The van der Waals surface area contributed by atoms with Gasteiger partial charge in [-0.05, 0) is 60.4 Å². The molecule has 0 aromatic heterocycles. The highest BCUT2D eigenvalue weighted by Crippen LogP contribution is 2.33. The van der Waals surface area contributed by atoms with Crippen LogP contribution in [0.4, 0.5) is 0 Å². The number of phenolic OH excluding ortho intramolecular Hbond substituents is 1. The maximum atomic E-state index is 11.3. The minimum atomic E-state index is 0.161. The van der Waals surface area contributed by atoms with Gasteiger partial charge in [0.15, 0.2) is 6.29 Å². The van der Waals surface area contributed by atoms with Gasteiger partial charge in [-0.3, -0.25) is 4.79 Å². The number of carbonyl (C=O) groups excluding carboxylic acids is 1. The van der Waals surface area contributed by atoms with Crippen molar-refractivity contribution >= 4 is 22.2 Å². The van der Waals surface area contributed by atoms with Crippen molar-refractivity contribution in [3.8, 4) is 5.75 Å². The van der Waals surface area contributed by atoms with E-state index in [4.69, 9.17) is 0 Å². The first-order valence-corrected chi connectivity index (χ1v) is 8.42. The Labute approximate surface area is 146 Å². The normalized spacial score (nSPS) is 11.0. The predicted molar refractivity (Wildman–Crippen MR) is 97.1 cm³/mol. The van der Waals surface area contributed by atoms with E-state index in [1.165, 1.54) is 11.1 Å². The first-order chi connectivity index (χ1) is 10.9. The number of aromatic hydroxyl groups is 1. The van der Waals surface area contributed by atoms with Crippen LogP contribution in [-0.4, -0.2) is 29.9 Å². The third kappa shape index (κ3) is 4.43. The van der Waals surface area contributed by atoms with Gasteiger partial charge in [0.2, 0.25) is 0 Å². The van der Waals surface area contributed by atoms with Gasteiger partial charge in [0, 0.05) is 24.2 Å². The van der Waals surface area contributed by atoms with Gasteiger partial charge in [-0.15, -0.1) is 0 Å². The Hall–Kier alpha value is -1.65. The van der Waals surface area contributed by atoms with Crippen molar-refractivity contribution in [1.29, 1.82) is 0 Å². The Balaban J connectivity index is 2.08. The van der Waals surface area contributed by atoms with E-state index in [0.29, 0.717) is 22.1 Å². The average Bonchev–Trinajstić information content (AvgIpc) is 2.54. The number of aldehydes is 1. The summed E-state index contributed by atoms with van der Waals surface area (Å²) in [5.41, 5.74) is 4.62. The average molecular weight is 376 g/mol. The zero-order valence-electron chi connectivity index (χ0n) is 13.8. The maximum absolute atomic E-state index is 11.3. The molecule has 0 heterocycles. The highest BCUT2D eigenvalue weighted by molar-refractivity contribution is 9.10. The van der Waals surface area contributed by atoms with E-state index in [0.717, 1.165) is 24.8 Å². The van der Waals surface area contributed by atoms with Crippen LogP contribution in [0.15, 0.2) is 34.8 Å². The highest BCUT2D eigenvalue weighted by atomic mass is 79.9. The summed E-state index contributed by atoms with van der Waals surface area (Å²) in [6, 6.07) is 10.3. The molecular weight excluding hydrogens is 354 g/mol. The molecule has 3 nitrogen and oxygen atoms in total. The molecule has 0 aliphatic heterocycles. The summed E-state index contributed by atoms with van der Waals surface area (Å²) in [6.45, 7) is 5.33. The molecule has 2 aromatic carbocycles. The molecule has 0 spiro atoms. The smallest absolute Gasteiger partial charge is 0.150 e. The standard InChI is InChI=1S/C19H22BrNO2/c1-13-4-6-15(7-5-13)8-9-21(3)11-17-16(12-22)10-14(2)18(20)19(17)23/h4-7,10,12,23H,8-9,11H2,1-3H3. The fraction of sp³-hybridized carbons (Fsp3) is 0.316. The second-order valence-corrected chi connectivity index (χ2v) is 6.81. The number of nitrogens with zero attached hydrogens (tertiary/aromatic N) is 1. The van der Waals surface area contributed by atoms with E-state index in [2.05, 4.69) is 52.0 Å². The van der Waals surface area contributed by atoms with Crippen LogP contribution in [0.3, 0.4) is 0 Å². The van der Waals surface area contributed by atoms with Crippen molar-refractivity contribution in [3.63, 3.8) is 0 Å². The molecule has 122 valence electrons. The van der Waals surface area contributed by atoms with Crippen LogP contribution in [-0.2, 0) is 13.0 Å². The summed E-state index contributed by atoms with van der Waals surface area (Å²) < 4.78 is 0.657. The van der Waals surface area contributed by atoms with E-state index >= 15 is 0 Å². The molecule has 0 aliphatic carbocycles. The van der Waals surface area contributed by atoms with Gasteiger partial charge in [0.25, 0.3) is 0 Å². The quantitative estimate of drug-likeness (QED) is 0.766. The van der Waals surface area contributed by atoms with Gasteiger partial charge >= 0.3 is 0 Å². The van der Waals surface area contributed by atoms with E-state index in [-0.39, 0.29) is 5.75 Å². The molecule has 0 saturated heterocycles. The maximum Gasteiger partial charge on any atom is 0.150 e. The summed E-state index contributed by atoms with van der Waals surface area (Å²) in [5.74, 6) is 0.161. The van der Waals surface area contributed by atoms with E-state index < -0.39 is 0 Å². The number of hydrogen-bond donors (Lipinski definition) is 1. The molecule has 1 N–H and O–H groups in total. The Morgan fingerprint density at radius 1 is 1.22 bits per heavy atom. The van der Waals surface area contributed by atoms with Crippen LogP contribution < -0.4 is 0 Å². The van der Waals surface area contributed by atoms with E-state index in [1.54, 1.807) is 6.07 Å². The van der Waals surface area contributed by atoms with Crippen LogP contribution in [0.1, 0.15) is 32.6 Å². The minimum absolute atomic E-state index is 0.161. The van der Waals surface area contributed by atoms with Crippen LogP contribution in [0.2, 0.25) is 0 Å². The van der Waals surface area contributed by atoms with Gasteiger partial charge in [-0.2, -0.15) is 0 Å². The van der Waals surface area contributed by atoms with Crippen LogP contribution in [0.5, 0.6) is 5.75 Å². The molecule has 0 unspecified atom stereocenters. The fourth-order valence-electron chi connectivity index (χ4n) is 2.53. The molecule has 0 amide bonds. The Morgan fingerprint density at radius 3 is 2.48 bits per heavy atom. The summed E-state index contributed by atoms with van der Waals surface area (Å²) in [5, 5.41) is 10.3. The molecule has 4 heteroatoms. The van der Waals surface area contributed by atoms with Gasteiger partial charge < -0.3 is 10.0 Å². The van der Waals surface area contributed by atoms with Crippen molar-refractivity contribution in [2.75, 3.05) is 13.6 Å². The van der Waals surface area contributed by atoms with Crippen LogP contribution in [0.25, 0.3) is 0 Å². The zero-order chi connectivity index (χ0) is 17.0.